The third kappa shape index (κ3) is 5.09. The van der Waals surface area contributed by atoms with Gasteiger partial charge in [-0.1, -0.05) is 17.8 Å². The minimum absolute atomic E-state index is 0.0637. The number of amides is 1. The number of nitrogens with one attached hydrogen (secondary N) is 1. The molecular weight excluding hydrogens is 352 g/mol. The maximum atomic E-state index is 12.2. The SMILES string of the molecule is C=CCn1c(S[C@H](C)C(=O)NCCOC)nnc1-c1ccc(OC)cc1. The van der Waals surface area contributed by atoms with Crippen molar-refractivity contribution in [2.45, 2.75) is 23.9 Å². The zero-order chi connectivity index (χ0) is 18.9. The molecule has 1 aromatic heterocycles. The van der Waals surface area contributed by atoms with Crippen LogP contribution in [0.3, 0.4) is 0 Å². The van der Waals surface area contributed by atoms with Crippen molar-refractivity contribution in [3.05, 3.63) is 36.9 Å². The highest BCUT2D eigenvalue weighted by Crippen LogP contribution is 2.28. The number of benzene rings is 1. The van der Waals surface area contributed by atoms with E-state index in [1.165, 1.54) is 11.8 Å². The number of hydrogen-bond donors (Lipinski definition) is 1. The summed E-state index contributed by atoms with van der Waals surface area (Å²) in [5.41, 5.74) is 0.921. The molecule has 2 aromatic rings. The van der Waals surface area contributed by atoms with Crippen LogP contribution in [0, 0.1) is 0 Å². The summed E-state index contributed by atoms with van der Waals surface area (Å²) in [4.78, 5) is 12.2. The topological polar surface area (TPSA) is 78.3 Å². The number of nitrogens with zero attached hydrogens (tertiary/aromatic N) is 3. The van der Waals surface area contributed by atoms with E-state index in [-0.39, 0.29) is 11.2 Å². The third-order valence-corrected chi connectivity index (χ3v) is 4.71. The molecule has 26 heavy (non-hydrogen) atoms. The fraction of sp³-hybridized carbons (Fsp3) is 0.389. The molecule has 0 saturated heterocycles. The summed E-state index contributed by atoms with van der Waals surface area (Å²) in [5, 5.41) is 11.8. The van der Waals surface area contributed by atoms with E-state index in [0.717, 1.165) is 17.1 Å². The van der Waals surface area contributed by atoms with E-state index >= 15 is 0 Å². The average Bonchev–Trinajstić information content (AvgIpc) is 3.04. The first-order chi connectivity index (χ1) is 12.6. The zero-order valence-electron chi connectivity index (χ0n) is 15.3. The lowest BCUT2D eigenvalue weighted by Crippen LogP contribution is -2.33. The van der Waals surface area contributed by atoms with Gasteiger partial charge in [0.1, 0.15) is 5.75 Å². The van der Waals surface area contributed by atoms with Gasteiger partial charge in [0, 0.05) is 25.8 Å². The number of allylic oxidation sites excluding steroid dienone is 1. The first kappa shape index (κ1) is 20.0. The normalized spacial score (nSPS) is 11.8. The monoisotopic (exact) mass is 376 g/mol. The summed E-state index contributed by atoms with van der Waals surface area (Å²) >= 11 is 1.36. The van der Waals surface area contributed by atoms with Gasteiger partial charge in [-0.15, -0.1) is 16.8 Å². The molecule has 0 bridgehead atoms. The first-order valence-electron chi connectivity index (χ1n) is 8.22. The predicted octanol–water partition coefficient (Wildman–Crippen LogP) is 2.38. The average molecular weight is 376 g/mol. The molecule has 0 unspecified atom stereocenters. The van der Waals surface area contributed by atoms with E-state index < -0.39 is 0 Å². The lowest BCUT2D eigenvalue weighted by atomic mass is 10.2. The van der Waals surface area contributed by atoms with Gasteiger partial charge in [-0.2, -0.15) is 0 Å². The van der Waals surface area contributed by atoms with Crippen LogP contribution in [0.5, 0.6) is 5.75 Å². The van der Waals surface area contributed by atoms with Crippen LogP contribution in [0.1, 0.15) is 6.92 Å². The highest BCUT2D eigenvalue weighted by Gasteiger charge is 2.20. The van der Waals surface area contributed by atoms with Crippen molar-refractivity contribution >= 4 is 17.7 Å². The van der Waals surface area contributed by atoms with Gasteiger partial charge in [0.15, 0.2) is 11.0 Å². The highest BCUT2D eigenvalue weighted by atomic mass is 32.2. The van der Waals surface area contributed by atoms with Crippen LogP contribution >= 0.6 is 11.8 Å². The molecule has 0 fully saturated rings. The van der Waals surface area contributed by atoms with E-state index in [2.05, 4.69) is 22.1 Å². The van der Waals surface area contributed by atoms with Gasteiger partial charge in [-0.3, -0.25) is 9.36 Å². The summed E-state index contributed by atoms with van der Waals surface area (Å²) < 4.78 is 12.1. The van der Waals surface area contributed by atoms with Gasteiger partial charge in [-0.25, -0.2) is 0 Å². The van der Waals surface area contributed by atoms with Crippen LogP contribution in [-0.2, 0) is 16.1 Å². The van der Waals surface area contributed by atoms with Crippen molar-refractivity contribution < 1.29 is 14.3 Å². The molecule has 0 aliphatic carbocycles. The Morgan fingerprint density at radius 2 is 2.08 bits per heavy atom. The Morgan fingerprint density at radius 3 is 2.69 bits per heavy atom. The molecule has 1 N–H and O–H groups in total. The van der Waals surface area contributed by atoms with Crippen molar-refractivity contribution in [2.75, 3.05) is 27.4 Å². The lowest BCUT2D eigenvalue weighted by molar-refractivity contribution is -0.120. The van der Waals surface area contributed by atoms with Gasteiger partial charge in [-0.05, 0) is 31.2 Å². The minimum Gasteiger partial charge on any atom is -0.497 e. The van der Waals surface area contributed by atoms with E-state index in [1.807, 2.05) is 35.8 Å². The quantitative estimate of drug-likeness (QED) is 0.390. The number of methoxy groups -OCH3 is 2. The number of hydrogen-bond acceptors (Lipinski definition) is 6. The standard InChI is InChI=1S/C18H24N4O3S/c1-5-11-22-16(14-6-8-15(25-4)9-7-14)20-21-18(22)26-13(2)17(23)19-10-12-24-3/h5-9,13H,1,10-12H2,2-4H3,(H,19,23)/t13-/m1/s1. The number of thioether (sulfide) groups is 1. The van der Waals surface area contributed by atoms with Crippen LogP contribution in [0.4, 0.5) is 0 Å². The van der Waals surface area contributed by atoms with Crippen molar-refractivity contribution in [3.8, 4) is 17.1 Å². The minimum atomic E-state index is -0.302. The number of ether oxygens (including phenoxy) is 2. The van der Waals surface area contributed by atoms with Crippen LogP contribution in [0.2, 0.25) is 0 Å². The Labute approximate surface area is 157 Å². The second-order valence-corrected chi connectivity index (χ2v) is 6.79. The molecule has 7 nitrogen and oxygen atoms in total. The van der Waals surface area contributed by atoms with Gasteiger partial charge in [0.05, 0.1) is 19.0 Å². The summed E-state index contributed by atoms with van der Waals surface area (Å²) in [6.45, 7) is 7.16. The Hall–Kier alpha value is -2.32. The van der Waals surface area contributed by atoms with E-state index in [0.29, 0.717) is 24.9 Å². The summed E-state index contributed by atoms with van der Waals surface area (Å²) in [6.07, 6.45) is 1.78. The molecule has 0 aliphatic rings. The molecular formula is C18H24N4O3S. The molecule has 1 heterocycles. The fourth-order valence-corrected chi connectivity index (χ4v) is 3.14. The fourth-order valence-electron chi connectivity index (χ4n) is 2.25. The maximum absolute atomic E-state index is 12.2. The Morgan fingerprint density at radius 1 is 1.35 bits per heavy atom. The van der Waals surface area contributed by atoms with Gasteiger partial charge < -0.3 is 14.8 Å². The summed E-state index contributed by atoms with van der Waals surface area (Å²) in [5.74, 6) is 1.44. The third-order valence-electron chi connectivity index (χ3n) is 3.63. The van der Waals surface area contributed by atoms with Crippen molar-refractivity contribution in [1.29, 1.82) is 0 Å². The smallest absolute Gasteiger partial charge is 0.233 e. The Balaban J connectivity index is 2.17. The molecule has 0 saturated carbocycles. The highest BCUT2D eigenvalue weighted by molar-refractivity contribution is 8.00. The Kier molecular flexibility index (Phi) is 7.68. The molecule has 0 radical (unpaired) electrons. The van der Waals surface area contributed by atoms with Crippen LogP contribution < -0.4 is 10.1 Å². The van der Waals surface area contributed by atoms with E-state index in [4.69, 9.17) is 9.47 Å². The molecule has 0 aliphatic heterocycles. The molecule has 140 valence electrons. The lowest BCUT2D eigenvalue weighted by Gasteiger charge is -2.13. The molecule has 2 rings (SSSR count). The van der Waals surface area contributed by atoms with Crippen molar-refractivity contribution in [3.63, 3.8) is 0 Å². The van der Waals surface area contributed by atoms with E-state index in [1.54, 1.807) is 20.3 Å². The number of rotatable bonds is 10. The zero-order valence-corrected chi connectivity index (χ0v) is 16.1. The summed E-state index contributed by atoms with van der Waals surface area (Å²) in [7, 11) is 3.23. The van der Waals surface area contributed by atoms with Crippen LogP contribution in [0.15, 0.2) is 42.1 Å². The van der Waals surface area contributed by atoms with Gasteiger partial charge >= 0.3 is 0 Å². The number of carbonyl (C=O) groups excluding carboxylic acids is 1. The van der Waals surface area contributed by atoms with E-state index in [9.17, 15) is 4.79 Å². The van der Waals surface area contributed by atoms with Gasteiger partial charge in [0.2, 0.25) is 5.91 Å². The molecule has 1 aromatic carbocycles. The number of aromatic nitrogens is 3. The largest absolute Gasteiger partial charge is 0.497 e. The van der Waals surface area contributed by atoms with Gasteiger partial charge in [0.25, 0.3) is 0 Å². The predicted molar refractivity (Wildman–Crippen MR) is 102 cm³/mol. The molecule has 0 spiro atoms. The molecule has 1 atom stereocenters. The van der Waals surface area contributed by atoms with Crippen molar-refractivity contribution in [1.82, 2.24) is 20.1 Å². The van der Waals surface area contributed by atoms with Crippen LogP contribution in [0.25, 0.3) is 11.4 Å². The van der Waals surface area contributed by atoms with Crippen molar-refractivity contribution in [2.24, 2.45) is 0 Å². The first-order valence-corrected chi connectivity index (χ1v) is 9.10. The van der Waals surface area contributed by atoms with Crippen LogP contribution in [-0.4, -0.2) is 53.3 Å². The Bertz CT molecular complexity index is 731. The maximum Gasteiger partial charge on any atom is 0.233 e. The molecule has 8 heteroatoms. The second kappa shape index (κ2) is 9.98. The second-order valence-electron chi connectivity index (χ2n) is 5.48. The summed E-state index contributed by atoms with van der Waals surface area (Å²) in [6, 6.07) is 7.61. The number of carbonyl (C=O) groups is 1. The molecule has 1 amide bonds.